The molecule has 39 heavy (non-hydrogen) atoms. The van der Waals surface area contributed by atoms with Gasteiger partial charge < -0.3 is 15.0 Å². The maximum absolute atomic E-state index is 14.3. The van der Waals surface area contributed by atoms with Gasteiger partial charge >= 0.3 is 6.03 Å². The minimum Gasteiger partial charge on any atom is -0.508 e. The number of H-pyrrole nitrogens is 1. The van der Waals surface area contributed by atoms with Crippen LogP contribution < -0.4 is 0 Å². The number of phenolic OH excluding ortho intramolecular Hbond substituents is 1. The highest BCUT2D eigenvalue weighted by molar-refractivity contribution is 6.31. The fourth-order valence-electron chi connectivity index (χ4n) is 6.28. The number of benzene rings is 2. The molecule has 3 aliphatic heterocycles. The normalized spacial score (nSPS) is 23.5. The third-order valence-corrected chi connectivity index (χ3v) is 8.64. The molecule has 0 saturated carbocycles. The molecule has 9 nitrogen and oxygen atoms in total. The van der Waals surface area contributed by atoms with Crippen molar-refractivity contribution in [3.05, 3.63) is 64.1 Å². The molecule has 11 heteroatoms. The van der Waals surface area contributed by atoms with Crippen LogP contribution in [-0.4, -0.2) is 92.3 Å². The van der Waals surface area contributed by atoms with Crippen molar-refractivity contribution >= 4 is 40.3 Å². The molecule has 6 rings (SSSR count). The standard InChI is InChI=1S/C28H29ClFN5O4/c1-16(36)33-9-6-32(7-10-33)8-11-34-26(38)28(2)15-20-19-13-21(29)22(30)14-23(19)31-24(20)25(35(28)27(34)39)17-4-3-5-18(37)12-17/h3-5,12-14,25,31,37H,6-11,15H2,1-2H3. The molecule has 3 aliphatic rings. The van der Waals surface area contributed by atoms with E-state index >= 15 is 0 Å². The van der Waals surface area contributed by atoms with Crippen molar-refractivity contribution in [3.63, 3.8) is 0 Å². The van der Waals surface area contributed by atoms with E-state index in [1.165, 1.54) is 11.0 Å². The predicted molar refractivity (Wildman–Crippen MR) is 143 cm³/mol. The number of carbonyl (C=O) groups excluding carboxylic acids is 3. The van der Waals surface area contributed by atoms with Crippen LogP contribution in [-0.2, 0) is 16.0 Å². The summed E-state index contributed by atoms with van der Waals surface area (Å²) in [5, 5.41) is 10.9. The number of rotatable bonds is 4. The molecule has 0 aliphatic carbocycles. The Morgan fingerprint density at radius 1 is 1.15 bits per heavy atom. The van der Waals surface area contributed by atoms with Crippen LogP contribution in [0.25, 0.3) is 10.9 Å². The molecule has 4 amide bonds. The van der Waals surface area contributed by atoms with Gasteiger partial charge in [0.15, 0.2) is 0 Å². The van der Waals surface area contributed by atoms with Crippen LogP contribution in [0.1, 0.15) is 36.7 Å². The zero-order valence-corrected chi connectivity index (χ0v) is 22.5. The molecule has 204 valence electrons. The number of hydrogen-bond acceptors (Lipinski definition) is 5. The highest BCUT2D eigenvalue weighted by Gasteiger charge is 2.60. The second-order valence-corrected chi connectivity index (χ2v) is 11.1. The average molecular weight is 554 g/mol. The van der Waals surface area contributed by atoms with Gasteiger partial charge in [0.1, 0.15) is 23.1 Å². The van der Waals surface area contributed by atoms with Crippen LogP contribution >= 0.6 is 11.6 Å². The first-order valence-electron chi connectivity index (χ1n) is 13.0. The van der Waals surface area contributed by atoms with Crippen molar-refractivity contribution in [2.75, 3.05) is 39.3 Å². The van der Waals surface area contributed by atoms with Crippen molar-refractivity contribution in [2.45, 2.75) is 31.8 Å². The number of nitrogens with one attached hydrogen (secondary N) is 1. The molecule has 2 aromatic carbocycles. The Labute approximate surface area is 229 Å². The Balaban J connectivity index is 1.37. The van der Waals surface area contributed by atoms with Crippen molar-refractivity contribution in [1.29, 1.82) is 0 Å². The minimum atomic E-state index is -1.19. The summed E-state index contributed by atoms with van der Waals surface area (Å²) in [6, 6.07) is 8.37. The number of imide groups is 1. The van der Waals surface area contributed by atoms with E-state index in [0.717, 1.165) is 5.56 Å². The first-order valence-corrected chi connectivity index (χ1v) is 13.4. The average Bonchev–Trinajstić information content (AvgIpc) is 3.32. The van der Waals surface area contributed by atoms with Gasteiger partial charge in [-0.1, -0.05) is 23.7 Å². The Hall–Kier alpha value is -3.63. The van der Waals surface area contributed by atoms with Gasteiger partial charge in [0, 0.05) is 69.2 Å². The summed E-state index contributed by atoms with van der Waals surface area (Å²) < 4.78 is 14.3. The monoisotopic (exact) mass is 553 g/mol. The van der Waals surface area contributed by atoms with Crippen LogP contribution in [0, 0.1) is 5.82 Å². The number of hydrogen-bond donors (Lipinski definition) is 2. The van der Waals surface area contributed by atoms with Gasteiger partial charge in [0.05, 0.1) is 5.02 Å². The maximum atomic E-state index is 14.3. The molecule has 0 spiro atoms. The summed E-state index contributed by atoms with van der Waals surface area (Å²) in [4.78, 5) is 49.7. The van der Waals surface area contributed by atoms with Crippen LogP contribution in [0.3, 0.4) is 0 Å². The van der Waals surface area contributed by atoms with Crippen molar-refractivity contribution < 1.29 is 23.9 Å². The highest BCUT2D eigenvalue weighted by atomic mass is 35.5. The zero-order valence-electron chi connectivity index (χ0n) is 21.7. The lowest BCUT2D eigenvalue weighted by atomic mass is 9.81. The summed E-state index contributed by atoms with van der Waals surface area (Å²) in [6.45, 7) is 6.64. The smallest absolute Gasteiger partial charge is 0.328 e. The van der Waals surface area contributed by atoms with Gasteiger partial charge in [0.2, 0.25) is 5.91 Å². The maximum Gasteiger partial charge on any atom is 0.328 e. The van der Waals surface area contributed by atoms with E-state index in [1.807, 2.05) is 0 Å². The SMILES string of the molecule is CC(=O)N1CCN(CCN2C(=O)N3C(c4cccc(O)c4)c4[nH]c5cc(F)c(Cl)cc5c4CC3(C)C2=O)CC1. The number of halogens is 2. The number of phenols is 1. The minimum absolute atomic E-state index is 0.0221. The van der Waals surface area contributed by atoms with E-state index in [0.29, 0.717) is 54.9 Å². The highest BCUT2D eigenvalue weighted by Crippen LogP contribution is 2.49. The number of aromatic nitrogens is 1. The topological polar surface area (TPSA) is 100 Å². The Morgan fingerprint density at radius 2 is 1.90 bits per heavy atom. The largest absolute Gasteiger partial charge is 0.508 e. The number of fused-ring (bicyclic) bond motifs is 4. The van der Waals surface area contributed by atoms with Gasteiger partial charge in [-0.15, -0.1) is 0 Å². The summed E-state index contributed by atoms with van der Waals surface area (Å²) in [5.41, 5.74) is 1.42. The molecule has 0 radical (unpaired) electrons. The number of piperazine rings is 1. The summed E-state index contributed by atoms with van der Waals surface area (Å²) in [7, 11) is 0. The fraction of sp³-hybridized carbons (Fsp3) is 0.393. The lowest BCUT2D eigenvalue weighted by Crippen LogP contribution is -2.53. The van der Waals surface area contributed by atoms with E-state index in [9.17, 15) is 23.9 Å². The predicted octanol–water partition coefficient (Wildman–Crippen LogP) is 3.50. The van der Waals surface area contributed by atoms with E-state index in [1.54, 1.807) is 54.0 Å². The number of nitrogens with zero attached hydrogens (tertiary/aromatic N) is 4. The van der Waals surface area contributed by atoms with Crippen LogP contribution in [0.5, 0.6) is 5.75 Å². The summed E-state index contributed by atoms with van der Waals surface area (Å²) >= 11 is 6.14. The molecule has 2 fully saturated rings. The number of urea groups is 1. The molecule has 2 unspecified atom stereocenters. The second-order valence-electron chi connectivity index (χ2n) is 10.7. The molecular weight excluding hydrogens is 525 g/mol. The second kappa shape index (κ2) is 9.24. The quantitative estimate of drug-likeness (QED) is 0.482. The third-order valence-electron chi connectivity index (χ3n) is 8.35. The number of carbonyl (C=O) groups is 3. The van der Waals surface area contributed by atoms with E-state index in [2.05, 4.69) is 9.88 Å². The molecule has 1 aromatic heterocycles. The molecular formula is C28H29ClFN5O4. The van der Waals surface area contributed by atoms with Gasteiger partial charge in [-0.25, -0.2) is 9.18 Å². The van der Waals surface area contributed by atoms with Gasteiger partial charge in [-0.05, 0) is 42.3 Å². The van der Waals surface area contributed by atoms with Crippen LogP contribution in [0.2, 0.25) is 5.02 Å². The molecule has 4 heterocycles. The van der Waals surface area contributed by atoms with Gasteiger partial charge in [-0.3, -0.25) is 24.3 Å². The Kier molecular flexibility index (Phi) is 6.07. The number of aromatic amines is 1. The van der Waals surface area contributed by atoms with E-state index in [4.69, 9.17) is 11.6 Å². The van der Waals surface area contributed by atoms with Gasteiger partial charge in [-0.2, -0.15) is 0 Å². The fourth-order valence-corrected chi connectivity index (χ4v) is 6.44. The summed E-state index contributed by atoms with van der Waals surface area (Å²) in [5.74, 6) is -0.785. The lowest BCUT2D eigenvalue weighted by Gasteiger charge is -2.42. The zero-order chi connectivity index (χ0) is 27.6. The van der Waals surface area contributed by atoms with E-state index < -0.39 is 23.4 Å². The van der Waals surface area contributed by atoms with Crippen LogP contribution in [0.15, 0.2) is 36.4 Å². The molecule has 2 atom stereocenters. The first-order chi connectivity index (χ1) is 18.6. The molecule has 3 aromatic rings. The van der Waals surface area contributed by atoms with Gasteiger partial charge in [0.25, 0.3) is 5.91 Å². The van der Waals surface area contributed by atoms with Crippen molar-refractivity contribution in [1.82, 2.24) is 24.6 Å². The molecule has 0 bridgehead atoms. The van der Waals surface area contributed by atoms with Crippen molar-refractivity contribution in [3.8, 4) is 5.75 Å². The number of amides is 4. The lowest BCUT2D eigenvalue weighted by molar-refractivity contribution is -0.133. The first kappa shape index (κ1) is 25.6. The molecule has 2 N–H and O–H groups in total. The third kappa shape index (κ3) is 4.04. The number of aromatic hydroxyl groups is 1. The Morgan fingerprint density at radius 3 is 2.59 bits per heavy atom. The van der Waals surface area contributed by atoms with Crippen LogP contribution in [0.4, 0.5) is 9.18 Å². The van der Waals surface area contributed by atoms with E-state index in [-0.39, 0.29) is 35.6 Å². The molecule has 2 saturated heterocycles. The van der Waals surface area contributed by atoms with Crippen molar-refractivity contribution in [2.24, 2.45) is 0 Å². The Bertz CT molecular complexity index is 1520. The summed E-state index contributed by atoms with van der Waals surface area (Å²) in [6.07, 6.45) is 0.234.